The Balaban J connectivity index is 1.73. The minimum absolute atomic E-state index is 0.163. The van der Waals surface area contributed by atoms with Crippen LogP contribution < -0.4 is 4.74 Å². The van der Waals surface area contributed by atoms with Gasteiger partial charge in [-0.15, -0.1) is 11.8 Å². The minimum Gasteiger partial charge on any atom is -0.424 e. The molecule has 0 radical (unpaired) electrons. The van der Waals surface area contributed by atoms with Crippen LogP contribution in [0.1, 0.15) is 0 Å². The fraction of sp³-hybridized carbons (Fsp3) is 0.0556. The first kappa shape index (κ1) is 17.6. The van der Waals surface area contributed by atoms with Crippen LogP contribution in [0.2, 0.25) is 10.0 Å². The van der Waals surface area contributed by atoms with Gasteiger partial charge in [0, 0.05) is 19.8 Å². The first-order valence-electron chi connectivity index (χ1n) is 7.00. The van der Waals surface area contributed by atoms with Crippen LogP contribution in [0.15, 0.2) is 64.0 Å². The molecule has 24 heavy (non-hydrogen) atoms. The highest BCUT2D eigenvalue weighted by Gasteiger charge is 2.12. The first-order valence-corrected chi connectivity index (χ1v) is 9.54. The van der Waals surface area contributed by atoms with Crippen molar-refractivity contribution in [1.82, 2.24) is 0 Å². The van der Waals surface area contributed by atoms with Gasteiger partial charge in [-0.3, -0.25) is 4.79 Å². The molecule has 0 fully saturated rings. The highest BCUT2D eigenvalue weighted by atomic mass is 79.9. The van der Waals surface area contributed by atoms with Gasteiger partial charge in [0.2, 0.25) is 0 Å². The van der Waals surface area contributed by atoms with Crippen LogP contribution >= 0.6 is 50.9 Å². The summed E-state index contributed by atoms with van der Waals surface area (Å²) in [6.45, 7) is 0. The lowest BCUT2D eigenvalue weighted by atomic mass is 10.1. The fourth-order valence-electron chi connectivity index (χ4n) is 2.23. The monoisotopic (exact) mass is 440 g/mol. The molecule has 0 bridgehead atoms. The van der Waals surface area contributed by atoms with Crippen molar-refractivity contribution in [2.24, 2.45) is 0 Å². The third-order valence-electron chi connectivity index (χ3n) is 3.28. The molecule has 0 heterocycles. The van der Waals surface area contributed by atoms with Crippen molar-refractivity contribution < 1.29 is 9.53 Å². The van der Waals surface area contributed by atoms with Crippen LogP contribution in [0.4, 0.5) is 0 Å². The van der Waals surface area contributed by atoms with Gasteiger partial charge >= 0.3 is 5.97 Å². The van der Waals surface area contributed by atoms with Crippen LogP contribution in [0, 0.1) is 0 Å². The molecule has 0 atom stereocenters. The van der Waals surface area contributed by atoms with Gasteiger partial charge in [0.1, 0.15) is 5.75 Å². The summed E-state index contributed by atoms with van der Waals surface area (Å²) in [4.78, 5) is 13.0. The molecule has 122 valence electrons. The van der Waals surface area contributed by atoms with Crippen LogP contribution in [-0.2, 0) is 4.79 Å². The maximum Gasteiger partial charge on any atom is 0.321 e. The van der Waals surface area contributed by atoms with Crippen molar-refractivity contribution in [2.75, 3.05) is 5.75 Å². The Labute approximate surface area is 162 Å². The molecule has 3 aromatic carbocycles. The minimum atomic E-state index is -0.367. The maximum atomic E-state index is 12.1. The Morgan fingerprint density at radius 1 is 1.04 bits per heavy atom. The zero-order valence-electron chi connectivity index (χ0n) is 12.3. The molecule has 0 aliphatic heterocycles. The topological polar surface area (TPSA) is 26.3 Å². The van der Waals surface area contributed by atoms with Gasteiger partial charge in [-0.05, 0) is 35.7 Å². The predicted octanol–water partition coefficient (Wildman–Crippen LogP) is 6.61. The Morgan fingerprint density at radius 2 is 1.79 bits per heavy atom. The summed E-state index contributed by atoms with van der Waals surface area (Å²) < 4.78 is 6.14. The molecule has 0 aliphatic rings. The number of halogens is 3. The number of rotatable bonds is 4. The third kappa shape index (κ3) is 4.06. The summed E-state index contributed by atoms with van der Waals surface area (Å²) in [5, 5.41) is 3.04. The van der Waals surface area contributed by atoms with E-state index in [4.69, 9.17) is 27.9 Å². The standard InChI is InChI=1S/C18H11BrCl2O2S/c19-12-7-8-15(14(21)9-12)23-17(22)10-24-16-6-2-4-11-3-1-5-13(20)18(11)16/h1-9H,10H2. The summed E-state index contributed by atoms with van der Waals surface area (Å²) in [5.74, 6) is 0.145. The van der Waals surface area contributed by atoms with E-state index < -0.39 is 0 Å². The summed E-state index contributed by atoms with van der Waals surface area (Å²) in [6, 6.07) is 16.7. The van der Waals surface area contributed by atoms with E-state index in [1.807, 2.05) is 36.4 Å². The normalized spacial score (nSPS) is 10.8. The summed E-state index contributed by atoms with van der Waals surface area (Å²) in [5.41, 5.74) is 0. The van der Waals surface area contributed by atoms with E-state index in [1.54, 1.807) is 18.2 Å². The molecular formula is C18H11BrCl2O2S. The zero-order chi connectivity index (χ0) is 17.1. The number of esters is 1. The number of thioether (sulfide) groups is 1. The quantitative estimate of drug-likeness (QED) is 0.259. The van der Waals surface area contributed by atoms with Gasteiger partial charge in [-0.1, -0.05) is 63.4 Å². The van der Waals surface area contributed by atoms with Gasteiger partial charge in [-0.25, -0.2) is 0 Å². The van der Waals surface area contributed by atoms with Crippen molar-refractivity contribution in [2.45, 2.75) is 4.90 Å². The number of ether oxygens (including phenoxy) is 1. The average molecular weight is 442 g/mol. The molecule has 0 amide bonds. The van der Waals surface area contributed by atoms with Crippen LogP contribution in [-0.4, -0.2) is 11.7 Å². The highest BCUT2D eigenvalue weighted by Crippen LogP contribution is 2.33. The van der Waals surface area contributed by atoms with Gasteiger partial charge in [0.15, 0.2) is 0 Å². The van der Waals surface area contributed by atoms with Gasteiger partial charge in [0.05, 0.1) is 10.8 Å². The van der Waals surface area contributed by atoms with Gasteiger partial charge < -0.3 is 4.74 Å². The molecule has 0 aromatic heterocycles. The van der Waals surface area contributed by atoms with Crippen molar-refractivity contribution >= 4 is 67.6 Å². The number of hydrogen-bond acceptors (Lipinski definition) is 3. The average Bonchev–Trinajstić information content (AvgIpc) is 2.56. The third-order valence-corrected chi connectivity index (χ3v) is 5.41. The van der Waals surface area contributed by atoms with Crippen LogP contribution in [0.3, 0.4) is 0 Å². The van der Waals surface area contributed by atoms with Crippen molar-refractivity contribution in [3.8, 4) is 5.75 Å². The molecule has 6 heteroatoms. The second-order valence-corrected chi connectivity index (χ2v) is 7.68. The van der Waals surface area contributed by atoms with E-state index >= 15 is 0 Å². The molecule has 0 saturated heterocycles. The Hall–Kier alpha value is -1.20. The van der Waals surface area contributed by atoms with Crippen LogP contribution in [0.25, 0.3) is 10.8 Å². The molecule has 0 unspecified atom stereocenters. The second-order valence-electron chi connectivity index (χ2n) is 4.93. The van der Waals surface area contributed by atoms with E-state index in [2.05, 4.69) is 15.9 Å². The molecule has 0 saturated carbocycles. The molecule has 2 nitrogen and oxygen atoms in total. The number of benzene rings is 3. The van der Waals surface area contributed by atoms with Crippen molar-refractivity contribution in [3.63, 3.8) is 0 Å². The van der Waals surface area contributed by atoms with E-state index in [0.29, 0.717) is 15.8 Å². The van der Waals surface area contributed by atoms with E-state index in [0.717, 1.165) is 20.1 Å². The van der Waals surface area contributed by atoms with Gasteiger partial charge in [0.25, 0.3) is 0 Å². The predicted molar refractivity (Wildman–Crippen MR) is 104 cm³/mol. The van der Waals surface area contributed by atoms with Gasteiger partial charge in [-0.2, -0.15) is 0 Å². The molecule has 0 aliphatic carbocycles. The molecule has 0 N–H and O–H groups in total. The van der Waals surface area contributed by atoms with Crippen molar-refractivity contribution in [3.05, 3.63) is 69.1 Å². The zero-order valence-corrected chi connectivity index (χ0v) is 16.2. The lowest BCUT2D eigenvalue weighted by Gasteiger charge is -2.09. The SMILES string of the molecule is O=C(CSc1cccc2cccc(Cl)c12)Oc1ccc(Br)cc1Cl. The Morgan fingerprint density at radius 3 is 2.54 bits per heavy atom. The van der Waals surface area contributed by atoms with E-state index in [-0.39, 0.29) is 11.7 Å². The fourth-order valence-corrected chi connectivity index (χ4v) is 4.16. The number of fused-ring (bicyclic) bond motifs is 1. The van der Waals surface area contributed by atoms with Crippen LogP contribution in [0.5, 0.6) is 5.75 Å². The summed E-state index contributed by atoms with van der Waals surface area (Å²) in [6.07, 6.45) is 0. The Kier molecular flexibility index (Phi) is 5.72. The molecule has 3 aromatic rings. The number of carbonyl (C=O) groups is 1. The smallest absolute Gasteiger partial charge is 0.321 e. The second kappa shape index (κ2) is 7.79. The first-order chi connectivity index (χ1) is 11.5. The largest absolute Gasteiger partial charge is 0.424 e. The highest BCUT2D eigenvalue weighted by molar-refractivity contribution is 9.10. The summed E-state index contributed by atoms with van der Waals surface area (Å²) in [7, 11) is 0. The molecule has 0 spiro atoms. The van der Waals surface area contributed by atoms with Crippen molar-refractivity contribution in [1.29, 1.82) is 0 Å². The molecular weight excluding hydrogens is 431 g/mol. The Bertz CT molecular complexity index is 909. The number of carbonyl (C=O) groups excluding carboxylic acids is 1. The van der Waals surface area contributed by atoms with E-state index in [9.17, 15) is 4.79 Å². The van der Waals surface area contributed by atoms with E-state index in [1.165, 1.54) is 11.8 Å². The number of hydrogen-bond donors (Lipinski definition) is 0. The lowest BCUT2D eigenvalue weighted by molar-refractivity contribution is -0.131. The summed E-state index contributed by atoms with van der Waals surface area (Å²) >= 11 is 17.1. The molecule has 3 rings (SSSR count). The maximum absolute atomic E-state index is 12.1. The lowest BCUT2D eigenvalue weighted by Crippen LogP contribution is -2.10.